The van der Waals surface area contributed by atoms with Crippen LogP contribution in [0.4, 0.5) is 22.1 Å². The quantitative estimate of drug-likeness (QED) is 0.375. The highest BCUT2D eigenvalue weighted by molar-refractivity contribution is 5.67. The predicted molar refractivity (Wildman–Crippen MR) is 119 cm³/mol. The Bertz CT molecular complexity index is 1200. The van der Waals surface area contributed by atoms with Crippen LogP contribution in [-0.4, -0.2) is 39.4 Å². The van der Waals surface area contributed by atoms with Crippen LogP contribution in [0.5, 0.6) is 11.5 Å². The lowest BCUT2D eigenvalue weighted by Crippen LogP contribution is -2.11. The molecule has 0 amide bonds. The van der Waals surface area contributed by atoms with Crippen molar-refractivity contribution in [3.63, 3.8) is 0 Å². The number of halogens is 1. The number of nitrogens with zero attached hydrogens (tertiary/aromatic N) is 4. The maximum absolute atomic E-state index is 13.1. The van der Waals surface area contributed by atoms with Crippen LogP contribution >= 0.6 is 0 Å². The van der Waals surface area contributed by atoms with E-state index >= 15 is 0 Å². The third-order valence-electron chi connectivity index (χ3n) is 4.80. The molecule has 2 aromatic carbocycles. The Balaban J connectivity index is 1.46. The van der Waals surface area contributed by atoms with Gasteiger partial charge in [0.15, 0.2) is 17.3 Å². The number of methoxy groups -OCH3 is 2. The largest absolute Gasteiger partial charge is 0.493 e. The molecule has 2 aromatic heterocycles. The Morgan fingerprint density at radius 1 is 0.938 bits per heavy atom. The molecular formula is C22H22FN7O2. The summed E-state index contributed by atoms with van der Waals surface area (Å²) < 4.78 is 23.8. The summed E-state index contributed by atoms with van der Waals surface area (Å²) in [5.41, 5.74) is 2.58. The van der Waals surface area contributed by atoms with E-state index in [1.165, 1.54) is 18.5 Å². The third kappa shape index (κ3) is 4.75. The molecule has 4 aromatic rings. The molecule has 4 rings (SSSR count). The van der Waals surface area contributed by atoms with Crippen LogP contribution in [0, 0.1) is 5.82 Å². The van der Waals surface area contributed by atoms with Crippen LogP contribution in [0.25, 0.3) is 11.3 Å². The van der Waals surface area contributed by atoms with E-state index in [2.05, 4.69) is 35.8 Å². The second-order valence-electron chi connectivity index (χ2n) is 6.91. The van der Waals surface area contributed by atoms with Crippen LogP contribution in [0.3, 0.4) is 0 Å². The van der Waals surface area contributed by atoms with E-state index in [1.54, 1.807) is 26.4 Å². The summed E-state index contributed by atoms with van der Waals surface area (Å²) in [7, 11) is 3.18. The van der Waals surface area contributed by atoms with Gasteiger partial charge in [0.05, 0.1) is 26.0 Å². The number of anilines is 3. The zero-order valence-corrected chi connectivity index (χ0v) is 17.8. The lowest BCUT2D eigenvalue weighted by Gasteiger charge is -2.14. The van der Waals surface area contributed by atoms with E-state index in [4.69, 9.17) is 9.47 Å². The highest BCUT2D eigenvalue weighted by Gasteiger charge is 2.11. The van der Waals surface area contributed by atoms with Crippen LogP contribution in [0.15, 0.2) is 54.9 Å². The minimum Gasteiger partial charge on any atom is -0.493 e. The number of aromatic amines is 1. The second kappa shape index (κ2) is 9.29. The zero-order chi connectivity index (χ0) is 22.5. The Kier molecular flexibility index (Phi) is 6.11. The molecule has 10 heteroatoms. The highest BCUT2D eigenvalue weighted by atomic mass is 19.1. The van der Waals surface area contributed by atoms with Gasteiger partial charge >= 0.3 is 0 Å². The molecule has 0 saturated carbocycles. The van der Waals surface area contributed by atoms with E-state index in [-0.39, 0.29) is 11.9 Å². The fraction of sp³-hybridized carbons (Fsp3) is 0.182. The van der Waals surface area contributed by atoms with Gasteiger partial charge in [-0.1, -0.05) is 12.1 Å². The number of hydrogen-bond acceptors (Lipinski definition) is 8. The molecule has 0 aliphatic carbocycles. The van der Waals surface area contributed by atoms with E-state index in [0.717, 1.165) is 16.8 Å². The first-order chi connectivity index (χ1) is 15.6. The average molecular weight is 435 g/mol. The first kappa shape index (κ1) is 21.0. The maximum Gasteiger partial charge on any atom is 0.233 e. The van der Waals surface area contributed by atoms with Crippen molar-refractivity contribution in [1.82, 2.24) is 25.1 Å². The lowest BCUT2D eigenvalue weighted by molar-refractivity contribution is 0.355. The van der Waals surface area contributed by atoms with E-state index in [9.17, 15) is 4.39 Å². The van der Waals surface area contributed by atoms with Gasteiger partial charge in [-0.25, -0.2) is 14.4 Å². The third-order valence-corrected chi connectivity index (χ3v) is 4.80. The molecule has 3 N–H and O–H groups in total. The van der Waals surface area contributed by atoms with Crippen molar-refractivity contribution in [2.24, 2.45) is 0 Å². The Labute approximate surface area is 184 Å². The molecule has 32 heavy (non-hydrogen) atoms. The van der Waals surface area contributed by atoms with Gasteiger partial charge in [-0.3, -0.25) is 5.10 Å². The summed E-state index contributed by atoms with van der Waals surface area (Å²) in [6.07, 6.45) is 1.40. The van der Waals surface area contributed by atoms with Crippen molar-refractivity contribution in [1.29, 1.82) is 0 Å². The average Bonchev–Trinajstić information content (AvgIpc) is 3.27. The van der Waals surface area contributed by atoms with Crippen molar-refractivity contribution in [3.05, 3.63) is 66.2 Å². The van der Waals surface area contributed by atoms with Gasteiger partial charge in [0, 0.05) is 11.6 Å². The highest BCUT2D eigenvalue weighted by Crippen LogP contribution is 2.32. The fourth-order valence-corrected chi connectivity index (χ4v) is 3.11. The van der Waals surface area contributed by atoms with Crippen molar-refractivity contribution in [2.45, 2.75) is 13.0 Å². The monoisotopic (exact) mass is 435 g/mol. The number of hydrogen-bond donors (Lipinski definition) is 3. The lowest BCUT2D eigenvalue weighted by atomic mass is 10.1. The molecule has 0 bridgehead atoms. The molecule has 0 radical (unpaired) electrons. The van der Waals surface area contributed by atoms with Gasteiger partial charge in [-0.2, -0.15) is 10.1 Å². The van der Waals surface area contributed by atoms with E-state index in [1.807, 2.05) is 31.2 Å². The summed E-state index contributed by atoms with van der Waals surface area (Å²) in [6, 6.07) is 13.6. The number of rotatable bonds is 8. The molecule has 0 aliphatic heterocycles. The molecule has 0 fully saturated rings. The van der Waals surface area contributed by atoms with E-state index < -0.39 is 0 Å². The minimum atomic E-state index is -0.279. The summed E-state index contributed by atoms with van der Waals surface area (Å²) in [5.74, 6) is 2.25. The molecule has 0 spiro atoms. The predicted octanol–water partition coefficient (Wildman–Crippen LogP) is 4.33. The van der Waals surface area contributed by atoms with Gasteiger partial charge in [0.25, 0.3) is 0 Å². The van der Waals surface area contributed by atoms with Gasteiger partial charge < -0.3 is 20.1 Å². The topological polar surface area (TPSA) is 110 Å². The van der Waals surface area contributed by atoms with Crippen LogP contribution < -0.4 is 20.1 Å². The van der Waals surface area contributed by atoms with Crippen molar-refractivity contribution in [3.8, 4) is 22.8 Å². The first-order valence-electron chi connectivity index (χ1n) is 9.81. The normalized spacial score (nSPS) is 11.6. The number of ether oxygens (including phenoxy) is 2. The molecule has 2 heterocycles. The second-order valence-corrected chi connectivity index (χ2v) is 6.91. The van der Waals surface area contributed by atoms with Crippen molar-refractivity contribution < 1.29 is 13.9 Å². The number of aromatic nitrogens is 5. The smallest absolute Gasteiger partial charge is 0.233 e. The van der Waals surface area contributed by atoms with Gasteiger partial charge in [0.1, 0.15) is 12.1 Å². The number of H-pyrrole nitrogens is 1. The summed E-state index contributed by atoms with van der Waals surface area (Å²) in [6.45, 7) is 1.94. The van der Waals surface area contributed by atoms with E-state index in [0.29, 0.717) is 29.2 Å². The standard InChI is InChI=1S/C22H22FN7O2/c1-13(14-4-7-16(23)8-5-14)26-21-24-12-25-22(28-21)27-20-11-17(29-30-20)15-6-9-18(31-2)19(10-15)32-3/h4-13H,1-3H3,(H3,24,25,26,27,28,29,30). The van der Waals surface area contributed by atoms with Gasteiger partial charge in [-0.05, 0) is 42.8 Å². The summed E-state index contributed by atoms with van der Waals surface area (Å²) >= 11 is 0. The number of nitrogens with one attached hydrogen (secondary N) is 3. The Morgan fingerprint density at radius 3 is 2.44 bits per heavy atom. The first-order valence-corrected chi connectivity index (χ1v) is 9.81. The van der Waals surface area contributed by atoms with Crippen molar-refractivity contribution in [2.75, 3.05) is 24.9 Å². The Morgan fingerprint density at radius 2 is 1.69 bits per heavy atom. The molecule has 164 valence electrons. The Hall–Kier alpha value is -4.21. The van der Waals surface area contributed by atoms with Crippen LogP contribution in [-0.2, 0) is 0 Å². The summed E-state index contributed by atoms with van der Waals surface area (Å²) in [5, 5.41) is 13.5. The zero-order valence-electron chi connectivity index (χ0n) is 17.8. The van der Waals surface area contributed by atoms with Crippen LogP contribution in [0.1, 0.15) is 18.5 Å². The molecule has 9 nitrogen and oxygen atoms in total. The molecule has 0 saturated heterocycles. The van der Waals surface area contributed by atoms with Gasteiger partial charge in [-0.15, -0.1) is 0 Å². The molecule has 1 unspecified atom stereocenters. The molecule has 0 aliphatic rings. The summed E-state index contributed by atoms with van der Waals surface area (Å²) in [4.78, 5) is 12.7. The fourth-order valence-electron chi connectivity index (χ4n) is 3.11. The number of benzene rings is 2. The molecular weight excluding hydrogens is 413 g/mol. The van der Waals surface area contributed by atoms with Gasteiger partial charge in [0.2, 0.25) is 11.9 Å². The molecule has 1 atom stereocenters. The SMILES string of the molecule is COc1ccc(-c2cc(Nc3ncnc(NC(C)c4ccc(F)cc4)n3)n[nH]2)cc1OC. The van der Waals surface area contributed by atoms with Crippen molar-refractivity contribution >= 4 is 17.7 Å². The van der Waals surface area contributed by atoms with Crippen LogP contribution in [0.2, 0.25) is 0 Å². The minimum absolute atomic E-state index is 0.118. The maximum atomic E-state index is 13.1.